The summed E-state index contributed by atoms with van der Waals surface area (Å²) in [6, 6.07) is 0.645. The first kappa shape index (κ1) is 15.4. The normalized spacial score (nSPS) is 31.2. The number of ether oxygens (including phenoxy) is 1. The third-order valence-corrected chi connectivity index (χ3v) is 6.50. The Kier molecular flexibility index (Phi) is 4.05. The average molecular weight is 335 g/mol. The van der Waals surface area contributed by atoms with Crippen LogP contribution in [0.15, 0.2) is 5.38 Å². The number of thiazole rings is 1. The number of likely N-dealkylation sites (tertiary alicyclic amines) is 2. The molecule has 126 valence electrons. The SMILES string of the molecule is CCOC(=O)N1CCC(N2C[C@@H]3[C@H](C2)[C@H]3c2csc(C)n2)CC1. The smallest absolute Gasteiger partial charge is 0.409 e. The summed E-state index contributed by atoms with van der Waals surface area (Å²) in [7, 11) is 0. The first-order valence-corrected chi connectivity index (χ1v) is 9.63. The predicted octanol–water partition coefficient (Wildman–Crippen LogP) is 2.72. The number of hydrogen-bond acceptors (Lipinski definition) is 5. The zero-order chi connectivity index (χ0) is 16.0. The van der Waals surface area contributed by atoms with Gasteiger partial charge in [-0.1, -0.05) is 0 Å². The van der Waals surface area contributed by atoms with E-state index in [0.29, 0.717) is 12.6 Å². The molecule has 0 radical (unpaired) electrons. The summed E-state index contributed by atoms with van der Waals surface area (Å²) >= 11 is 1.77. The molecule has 1 aromatic heterocycles. The van der Waals surface area contributed by atoms with Gasteiger partial charge < -0.3 is 9.64 Å². The van der Waals surface area contributed by atoms with Crippen LogP contribution in [0, 0.1) is 18.8 Å². The van der Waals surface area contributed by atoms with Crippen molar-refractivity contribution in [3.8, 4) is 0 Å². The van der Waals surface area contributed by atoms with E-state index in [2.05, 4.69) is 22.2 Å². The summed E-state index contributed by atoms with van der Waals surface area (Å²) in [6.45, 7) is 8.53. The minimum atomic E-state index is -0.144. The number of rotatable bonds is 3. The van der Waals surface area contributed by atoms with Gasteiger partial charge in [-0.25, -0.2) is 9.78 Å². The summed E-state index contributed by atoms with van der Waals surface area (Å²) in [5.41, 5.74) is 1.33. The largest absolute Gasteiger partial charge is 0.450 e. The quantitative estimate of drug-likeness (QED) is 0.852. The van der Waals surface area contributed by atoms with Crippen LogP contribution in [0.2, 0.25) is 0 Å². The Bertz CT molecular complexity index is 570. The Labute approximate surface area is 141 Å². The maximum Gasteiger partial charge on any atom is 0.409 e. The zero-order valence-corrected chi connectivity index (χ0v) is 14.7. The fourth-order valence-corrected chi connectivity index (χ4v) is 5.12. The number of aromatic nitrogens is 1. The molecule has 3 atom stereocenters. The lowest BCUT2D eigenvalue weighted by molar-refractivity contribution is 0.0774. The van der Waals surface area contributed by atoms with E-state index in [1.54, 1.807) is 11.3 Å². The van der Waals surface area contributed by atoms with E-state index in [9.17, 15) is 4.79 Å². The lowest BCUT2D eigenvalue weighted by Gasteiger charge is -2.37. The number of fused-ring (bicyclic) bond motifs is 1. The number of carbonyl (C=O) groups is 1. The lowest BCUT2D eigenvalue weighted by Crippen LogP contribution is -2.46. The highest BCUT2D eigenvalue weighted by molar-refractivity contribution is 7.09. The number of hydrogen-bond donors (Lipinski definition) is 0. The van der Waals surface area contributed by atoms with Crippen molar-refractivity contribution in [3.63, 3.8) is 0 Å². The molecule has 0 bridgehead atoms. The molecule has 5 nitrogen and oxygen atoms in total. The monoisotopic (exact) mass is 335 g/mol. The molecule has 2 aliphatic heterocycles. The van der Waals surface area contributed by atoms with Gasteiger partial charge in [0.1, 0.15) is 0 Å². The Balaban J connectivity index is 1.26. The molecule has 1 aromatic rings. The van der Waals surface area contributed by atoms with E-state index in [1.807, 2.05) is 11.8 Å². The summed E-state index contributed by atoms with van der Waals surface area (Å²) in [5, 5.41) is 3.44. The molecule has 6 heteroatoms. The second-order valence-electron chi connectivity index (χ2n) is 7.02. The van der Waals surface area contributed by atoms with Crippen LogP contribution in [0.4, 0.5) is 4.79 Å². The minimum absolute atomic E-state index is 0.144. The first-order valence-electron chi connectivity index (χ1n) is 8.75. The highest BCUT2D eigenvalue weighted by Gasteiger charge is 2.58. The molecule has 0 N–H and O–H groups in total. The van der Waals surface area contributed by atoms with Gasteiger partial charge in [-0.2, -0.15) is 0 Å². The van der Waals surface area contributed by atoms with E-state index < -0.39 is 0 Å². The van der Waals surface area contributed by atoms with Crippen LogP contribution < -0.4 is 0 Å². The number of nitrogens with zero attached hydrogens (tertiary/aromatic N) is 3. The van der Waals surface area contributed by atoms with Gasteiger partial charge in [0, 0.05) is 43.5 Å². The first-order chi connectivity index (χ1) is 11.2. The summed E-state index contributed by atoms with van der Waals surface area (Å²) in [4.78, 5) is 21.0. The second kappa shape index (κ2) is 6.06. The molecular formula is C17H25N3O2S. The van der Waals surface area contributed by atoms with Crippen molar-refractivity contribution in [3.05, 3.63) is 16.1 Å². The zero-order valence-electron chi connectivity index (χ0n) is 13.9. The maximum absolute atomic E-state index is 11.8. The van der Waals surface area contributed by atoms with Crippen molar-refractivity contribution in [1.82, 2.24) is 14.8 Å². The third-order valence-electron chi connectivity index (χ3n) is 5.71. The molecule has 23 heavy (non-hydrogen) atoms. The summed E-state index contributed by atoms with van der Waals surface area (Å²) in [6.07, 6.45) is 2.02. The molecule has 4 rings (SSSR count). The Morgan fingerprint density at radius 2 is 2.04 bits per heavy atom. The van der Waals surface area contributed by atoms with Crippen molar-refractivity contribution < 1.29 is 9.53 Å². The van der Waals surface area contributed by atoms with E-state index in [0.717, 1.165) is 43.7 Å². The van der Waals surface area contributed by atoms with E-state index in [1.165, 1.54) is 23.8 Å². The minimum Gasteiger partial charge on any atom is -0.450 e. The maximum atomic E-state index is 11.8. The van der Waals surface area contributed by atoms with E-state index in [4.69, 9.17) is 4.74 Å². The fourth-order valence-electron chi connectivity index (χ4n) is 4.46. The van der Waals surface area contributed by atoms with Crippen LogP contribution in [0.25, 0.3) is 0 Å². The van der Waals surface area contributed by atoms with Gasteiger partial charge in [-0.15, -0.1) is 11.3 Å². The van der Waals surface area contributed by atoms with Gasteiger partial charge in [-0.3, -0.25) is 4.90 Å². The fraction of sp³-hybridized carbons (Fsp3) is 0.765. The van der Waals surface area contributed by atoms with Crippen molar-refractivity contribution in [2.24, 2.45) is 11.8 Å². The molecule has 0 unspecified atom stereocenters. The van der Waals surface area contributed by atoms with Crippen molar-refractivity contribution in [2.75, 3.05) is 32.8 Å². The van der Waals surface area contributed by atoms with Gasteiger partial charge in [0.25, 0.3) is 0 Å². The summed E-state index contributed by atoms with van der Waals surface area (Å²) in [5.74, 6) is 2.36. The predicted molar refractivity (Wildman–Crippen MR) is 89.8 cm³/mol. The summed E-state index contributed by atoms with van der Waals surface area (Å²) < 4.78 is 5.10. The Morgan fingerprint density at radius 1 is 1.35 bits per heavy atom. The van der Waals surface area contributed by atoms with Crippen LogP contribution in [0.3, 0.4) is 0 Å². The molecule has 3 fully saturated rings. The van der Waals surface area contributed by atoms with Crippen LogP contribution >= 0.6 is 11.3 Å². The number of aryl methyl sites for hydroxylation is 1. The van der Waals surface area contributed by atoms with Crippen LogP contribution in [0.1, 0.15) is 36.4 Å². The van der Waals surface area contributed by atoms with E-state index >= 15 is 0 Å². The van der Waals surface area contributed by atoms with Crippen molar-refractivity contribution in [2.45, 2.75) is 38.6 Å². The topological polar surface area (TPSA) is 45.7 Å². The molecule has 0 aromatic carbocycles. The van der Waals surface area contributed by atoms with Crippen LogP contribution in [0.5, 0.6) is 0 Å². The molecular weight excluding hydrogens is 310 g/mol. The van der Waals surface area contributed by atoms with Gasteiger partial charge in [0.15, 0.2) is 0 Å². The van der Waals surface area contributed by atoms with Crippen molar-refractivity contribution >= 4 is 17.4 Å². The third kappa shape index (κ3) is 2.87. The Hall–Kier alpha value is -1.14. The average Bonchev–Trinajstić information content (AvgIpc) is 2.91. The van der Waals surface area contributed by atoms with Crippen LogP contribution in [-0.4, -0.2) is 59.7 Å². The Morgan fingerprint density at radius 3 is 2.61 bits per heavy atom. The molecule has 1 saturated carbocycles. The second-order valence-corrected chi connectivity index (χ2v) is 8.08. The number of piperidine rings is 2. The van der Waals surface area contributed by atoms with E-state index in [-0.39, 0.29) is 6.09 Å². The molecule has 2 saturated heterocycles. The molecule has 3 aliphatic rings. The standard InChI is InChI=1S/C17H25N3O2S/c1-3-22-17(21)19-6-4-12(5-7-19)20-8-13-14(9-20)16(13)15-10-23-11(2)18-15/h10,12-14,16H,3-9H2,1-2H3/t13-,14+,16+. The van der Waals surface area contributed by atoms with Gasteiger partial charge in [-0.05, 0) is 38.5 Å². The number of carbonyl (C=O) groups excluding carboxylic acids is 1. The molecule has 0 spiro atoms. The number of amides is 1. The molecule has 1 amide bonds. The van der Waals surface area contributed by atoms with Gasteiger partial charge in [0.05, 0.1) is 17.3 Å². The molecule has 1 aliphatic carbocycles. The lowest BCUT2D eigenvalue weighted by atomic mass is 10.0. The van der Waals surface area contributed by atoms with Gasteiger partial charge >= 0.3 is 6.09 Å². The highest BCUT2D eigenvalue weighted by atomic mass is 32.1. The molecule has 3 heterocycles. The van der Waals surface area contributed by atoms with Gasteiger partial charge in [0.2, 0.25) is 0 Å². The van der Waals surface area contributed by atoms with Crippen molar-refractivity contribution in [1.29, 1.82) is 0 Å². The highest BCUT2D eigenvalue weighted by Crippen LogP contribution is 2.58. The van der Waals surface area contributed by atoms with Crippen LogP contribution in [-0.2, 0) is 4.74 Å².